The zero-order valence-electron chi connectivity index (χ0n) is 5.94. The molecule has 0 aromatic heterocycles. The molecule has 0 spiro atoms. The third kappa shape index (κ3) is 1.32. The molecular weight excluding hydrogens is 108 g/mol. The minimum atomic E-state index is 1.13. The highest BCUT2D eigenvalue weighted by molar-refractivity contribution is 5.24. The lowest BCUT2D eigenvalue weighted by Crippen LogP contribution is -1.82. The Kier molecular flexibility index (Phi) is 1.88. The van der Waals surface area contributed by atoms with E-state index in [4.69, 9.17) is 0 Å². The Morgan fingerprint density at radius 1 is 1.56 bits per heavy atom. The van der Waals surface area contributed by atoms with Crippen LogP contribution in [0.1, 0.15) is 18.1 Å². The Bertz CT molecular complexity index is 189. The summed E-state index contributed by atoms with van der Waals surface area (Å²) in [7, 11) is 0. The fourth-order valence-electron chi connectivity index (χ4n) is 0.943. The normalized spacial score (nSPS) is 9.56. The maximum Gasteiger partial charge on any atom is -0.0181 e. The number of aryl methyl sites for hydroxylation is 2. The number of hydrogen-bond donors (Lipinski definition) is 0. The molecule has 0 atom stereocenters. The molecular formula is C9H11. The Hall–Kier alpha value is -0.780. The summed E-state index contributed by atoms with van der Waals surface area (Å²) in [4.78, 5) is 0. The van der Waals surface area contributed by atoms with Crippen molar-refractivity contribution in [1.29, 1.82) is 0 Å². The molecule has 9 heavy (non-hydrogen) atoms. The van der Waals surface area contributed by atoms with Gasteiger partial charge in [-0.1, -0.05) is 25.1 Å². The van der Waals surface area contributed by atoms with Crippen molar-refractivity contribution < 1.29 is 0 Å². The van der Waals surface area contributed by atoms with E-state index in [1.807, 2.05) is 12.1 Å². The van der Waals surface area contributed by atoms with E-state index in [1.54, 1.807) is 0 Å². The second kappa shape index (κ2) is 2.67. The van der Waals surface area contributed by atoms with E-state index in [9.17, 15) is 0 Å². The van der Waals surface area contributed by atoms with Crippen molar-refractivity contribution in [2.45, 2.75) is 20.3 Å². The lowest BCUT2D eigenvalue weighted by atomic mass is 10.1. The highest BCUT2D eigenvalue weighted by Gasteiger charge is 1.89. The van der Waals surface area contributed by atoms with Gasteiger partial charge in [0.15, 0.2) is 0 Å². The second-order valence-corrected chi connectivity index (χ2v) is 2.21. The number of rotatable bonds is 1. The maximum absolute atomic E-state index is 3.04. The maximum atomic E-state index is 3.04. The molecule has 0 aliphatic carbocycles. The van der Waals surface area contributed by atoms with Gasteiger partial charge in [0.1, 0.15) is 0 Å². The van der Waals surface area contributed by atoms with Crippen molar-refractivity contribution >= 4 is 0 Å². The van der Waals surface area contributed by atoms with Crippen molar-refractivity contribution in [1.82, 2.24) is 0 Å². The van der Waals surface area contributed by atoms with E-state index in [0.29, 0.717) is 0 Å². The lowest BCUT2D eigenvalue weighted by Gasteiger charge is -1.98. The molecule has 0 fully saturated rings. The van der Waals surface area contributed by atoms with Gasteiger partial charge in [0.25, 0.3) is 0 Å². The SMILES string of the molecule is CCc1cc[c]cc1C. The molecule has 0 aliphatic heterocycles. The Morgan fingerprint density at radius 2 is 2.33 bits per heavy atom. The first-order valence-corrected chi connectivity index (χ1v) is 3.30. The van der Waals surface area contributed by atoms with Gasteiger partial charge in [0.05, 0.1) is 0 Å². The van der Waals surface area contributed by atoms with Gasteiger partial charge < -0.3 is 0 Å². The predicted octanol–water partition coefficient (Wildman–Crippen LogP) is 2.36. The highest BCUT2D eigenvalue weighted by Crippen LogP contribution is 2.05. The van der Waals surface area contributed by atoms with Crippen molar-refractivity contribution in [2.24, 2.45) is 0 Å². The van der Waals surface area contributed by atoms with Crippen molar-refractivity contribution in [2.75, 3.05) is 0 Å². The molecule has 0 saturated carbocycles. The van der Waals surface area contributed by atoms with Gasteiger partial charge in [-0.25, -0.2) is 0 Å². The zero-order chi connectivity index (χ0) is 6.69. The van der Waals surface area contributed by atoms with Crippen LogP contribution in [0.3, 0.4) is 0 Å². The van der Waals surface area contributed by atoms with Crippen LogP contribution in [-0.4, -0.2) is 0 Å². The average Bonchev–Trinajstić information content (AvgIpc) is 1.89. The van der Waals surface area contributed by atoms with Crippen LogP contribution in [0, 0.1) is 13.0 Å². The van der Waals surface area contributed by atoms with E-state index in [-0.39, 0.29) is 0 Å². The number of hydrogen-bond acceptors (Lipinski definition) is 0. The molecule has 0 unspecified atom stereocenters. The Labute approximate surface area is 56.5 Å². The Morgan fingerprint density at radius 3 is 2.78 bits per heavy atom. The lowest BCUT2D eigenvalue weighted by molar-refractivity contribution is 1.11. The molecule has 0 aliphatic rings. The van der Waals surface area contributed by atoms with Gasteiger partial charge in [-0.05, 0) is 30.5 Å². The van der Waals surface area contributed by atoms with Crippen LogP contribution < -0.4 is 0 Å². The van der Waals surface area contributed by atoms with Gasteiger partial charge in [0, 0.05) is 0 Å². The van der Waals surface area contributed by atoms with Crippen LogP contribution in [0.4, 0.5) is 0 Å². The standard InChI is InChI=1S/C9H11/c1-3-9-7-5-4-6-8(9)2/h5-7H,3H2,1-2H3. The van der Waals surface area contributed by atoms with Gasteiger partial charge in [0.2, 0.25) is 0 Å². The minimum Gasteiger partial charge on any atom is -0.0613 e. The molecule has 0 N–H and O–H groups in total. The first-order valence-electron chi connectivity index (χ1n) is 3.30. The molecule has 0 saturated heterocycles. The molecule has 0 nitrogen and oxygen atoms in total. The minimum absolute atomic E-state index is 1.13. The summed E-state index contributed by atoms with van der Waals surface area (Å²) in [5.74, 6) is 0. The summed E-state index contributed by atoms with van der Waals surface area (Å²) in [6.07, 6.45) is 1.13. The van der Waals surface area contributed by atoms with E-state index in [1.165, 1.54) is 11.1 Å². The quantitative estimate of drug-likeness (QED) is 0.532. The smallest absolute Gasteiger partial charge is 0.0181 e. The molecule has 1 aromatic carbocycles. The predicted molar refractivity (Wildman–Crippen MR) is 39.4 cm³/mol. The van der Waals surface area contributed by atoms with Crippen LogP contribution in [0.15, 0.2) is 18.2 Å². The molecule has 1 aromatic rings. The van der Waals surface area contributed by atoms with Crippen LogP contribution in [0.25, 0.3) is 0 Å². The van der Waals surface area contributed by atoms with E-state index in [2.05, 4.69) is 26.0 Å². The summed E-state index contributed by atoms with van der Waals surface area (Å²) in [5, 5.41) is 0. The number of benzene rings is 1. The molecule has 0 heterocycles. The second-order valence-electron chi connectivity index (χ2n) is 2.21. The molecule has 0 bridgehead atoms. The summed E-state index contributed by atoms with van der Waals surface area (Å²) in [5.41, 5.74) is 2.77. The topological polar surface area (TPSA) is 0 Å². The monoisotopic (exact) mass is 119 g/mol. The third-order valence-corrected chi connectivity index (χ3v) is 1.57. The summed E-state index contributed by atoms with van der Waals surface area (Å²) in [6, 6.07) is 9.15. The average molecular weight is 119 g/mol. The van der Waals surface area contributed by atoms with Gasteiger partial charge in [-0.15, -0.1) is 0 Å². The molecule has 0 heteroatoms. The van der Waals surface area contributed by atoms with E-state index in [0.717, 1.165) is 6.42 Å². The van der Waals surface area contributed by atoms with Crippen LogP contribution >= 0.6 is 0 Å². The largest absolute Gasteiger partial charge is 0.0613 e. The molecule has 0 amide bonds. The summed E-state index contributed by atoms with van der Waals surface area (Å²) >= 11 is 0. The first kappa shape index (κ1) is 6.34. The fourth-order valence-corrected chi connectivity index (χ4v) is 0.943. The summed E-state index contributed by atoms with van der Waals surface area (Å²) < 4.78 is 0. The first-order chi connectivity index (χ1) is 4.34. The van der Waals surface area contributed by atoms with Gasteiger partial charge >= 0.3 is 0 Å². The van der Waals surface area contributed by atoms with Crippen LogP contribution in [-0.2, 0) is 6.42 Å². The fraction of sp³-hybridized carbons (Fsp3) is 0.333. The zero-order valence-corrected chi connectivity index (χ0v) is 5.94. The van der Waals surface area contributed by atoms with Crippen LogP contribution in [0.2, 0.25) is 0 Å². The third-order valence-electron chi connectivity index (χ3n) is 1.57. The van der Waals surface area contributed by atoms with Crippen molar-refractivity contribution in [3.8, 4) is 0 Å². The Balaban J connectivity index is 3.01. The van der Waals surface area contributed by atoms with E-state index < -0.39 is 0 Å². The van der Waals surface area contributed by atoms with Crippen molar-refractivity contribution in [3.63, 3.8) is 0 Å². The molecule has 47 valence electrons. The summed E-state index contributed by atoms with van der Waals surface area (Å²) in [6.45, 7) is 4.29. The van der Waals surface area contributed by atoms with Crippen molar-refractivity contribution in [3.05, 3.63) is 35.4 Å². The van der Waals surface area contributed by atoms with Gasteiger partial charge in [-0.2, -0.15) is 0 Å². The van der Waals surface area contributed by atoms with E-state index >= 15 is 0 Å². The highest BCUT2D eigenvalue weighted by atomic mass is 13.9. The molecule has 1 radical (unpaired) electrons. The van der Waals surface area contributed by atoms with Crippen LogP contribution in [0.5, 0.6) is 0 Å². The van der Waals surface area contributed by atoms with Gasteiger partial charge in [-0.3, -0.25) is 0 Å². The molecule has 1 rings (SSSR count).